The highest BCUT2D eigenvalue weighted by molar-refractivity contribution is 7.86. The summed E-state index contributed by atoms with van der Waals surface area (Å²) in [5.74, 6) is 0. The molecule has 7 nitrogen and oxygen atoms in total. The molecule has 24 heavy (non-hydrogen) atoms. The minimum Gasteiger partial charge on any atom is -0.399 e. The van der Waals surface area contributed by atoms with Crippen LogP contribution in [0.4, 0.5) is 5.69 Å². The second-order valence-electron chi connectivity index (χ2n) is 5.64. The van der Waals surface area contributed by atoms with Crippen molar-refractivity contribution in [1.82, 2.24) is 15.0 Å². The van der Waals surface area contributed by atoms with E-state index in [0.29, 0.717) is 0 Å². The smallest absolute Gasteiger partial charge is 0.296 e. The molecule has 0 unspecified atom stereocenters. The van der Waals surface area contributed by atoms with Gasteiger partial charge in [-0.15, -0.1) is 9.90 Å². The fourth-order valence-electron chi connectivity index (χ4n) is 2.95. The van der Waals surface area contributed by atoms with E-state index in [9.17, 15) is 13.0 Å². The van der Waals surface area contributed by atoms with Crippen LogP contribution in [-0.4, -0.2) is 28.0 Å². The fraction of sp³-hybridized carbons (Fsp3) is 0.125. The van der Waals surface area contributed by atoms with Crippen LogP contribution in [0.2, 0.25) is 0 Å². The van der Waals surface area contributed by atoms with Gasteiger partial charge in [0.15, 0.2) is 0 Å². The number of benzene rings is 2. The summed E-state index contributed by atoms with van der Waals surface area (Å²) in [6.45, 7) is 0. The first-order valence-corrected chi connectivity index (χ1v) is 8.79. The molecule has 3 aromatic rings. The number of hydrogen-bond donors (Lipinski definition) is 2. The number of nitrogens with two attached hydrogens (primary N) is 1. The van der Waals surface area contributed by atoms with Gasteiger partial charge in [-0.1, -0.05) is 24.3 Å². The minimum atomic E-state index is -4.45. The topological polar surface area (TPSA) is 111 Å². The maximum atomic E-state index is 11.7. The zero-order valence-electron chi connectivity index (χ0n) is 12.5. The van der Waals surface area contributed by atoms with Crippen molar-refractivity contribution < 1.29 is 13.0 Å². The summed E-state index contributed by atoms with van der Waals surface area (Å²) in [5, 5.41) is 8.87. The number of aromatic nitrogens is 3. The molecular weight excluding hydrogens is 328 g/mol. The second kappa shape index (κ2) is 5.15. The zero-order chi connectivity index (χ0) is 16.9. The van der Waals surface area contributed by atoms with Gasteiger partial charge in [0.25, 0.3) is 10.1 Å². The van der Waals surface area contributed by atoms with E-state index in [1.54, 1.807) is 6.07 Å². The van der Waals surface area contributed by atoms with E-state index in [4.69, 9.17) is 5.73 Å². The van der Waals surface area contributed by atoms with Crippen LogP contribution in [0, 0.1) is 0 Å². The van der Waals surface area contributed by atoms with E-state index in [0.717, 1.165) is 29.8 Å². The largest absolute Gasteiger partial charge is 0.399 e. The first kappa shape index (κ1) is 14.9. The van der Waals surface area contributed by atoms with Crippen LogP contribution in [0.5, 0.6) is 0 Å². The van der Waals surface area contributed by atoms with Crippen LogP contribution in [0.1, 0.15) is 11.3 Å². The Hall–Kier alpha value is -2.71. The van der Waals surface area contributed by atoms with Crippen molar-refractivity contribution in [3.05, 3.63) is 53.7 Å². The Morgan fingerprint density at radius 1 is 1.08 bits per heavy atom. The molecule has 0 fully saturated rings. The summed E-state index contributed by atoms with van der Waals surface area (Å²) in [7, 11) is -4.45. The molecule has 3 N–H and O–H groups in total. The summed E-state index contributed by atoms with van der Waals surface area (Å²) < 4.78 is 32.8. The second-order valence-corrected chi connectivity index (χ2v) is 7.03. The Kier molecular flexibility index (Phi) is 3.19. The average molecular weight is 342 g/mol. The Labute approximate surface area is 138 Å². The van der Waals surface area contributed by atoms with Gasteiger partial charge in [0, 0.05) is 11.3 Å². The Morgan fingerprint density at radius 3 is 2.67 bits per heavy atom. The van der Waals surface area contributed by atoms with Crippen LogP contribution in [0.15, 0.2) is 47.4 Å². The number of fused-ring (bicyclic) bond motifs is 3. The van der Waals surface area contributed by atoms with Gasteiger partial charge >= 0.3 is 0 Å². The van der Waals surface area contributed by atoms with Crippen molar-refractivity contribution >= 4 is 15.8 Å². The van der Waals surface area contributed by atoms with Gasteiger partial charge in [0.1, 0.15) is 16.3 Å². The third-order valence-corrected chi connectivity index (χ3v) is 4.95. The molecule has 0 amide bonds. The van der Waals surface area contributed by atoms with E-state index >= 15 is 0 Å². The van der Waals surface area contributed by atoms with Crippen molar-refractivity contribution in [2.24, 2.45) is 0 Å². The summed E-state index contributed by atoms with van der Waals surface area (Å²) in [6.07, 6.45) is 1.58. The molecule has 0 spiro atoms. The van der Waals surface area contributed by atoms with Gasteiger partial charge in [-0.2, -0.15) is 13.5 Å². The molecule has 0 atom stereocenters. The molecule has 2 aromatic carbocycles. The average Bonchev–Trinajstić information content (AvgIpc) is 2.98. The standard InChI is InChI=1S/C16H14N4O3S/c17-11-6-8-14(15(9-11)24(21,22)23)20-18-13-7-5-10-3-1-2-4-12(10)16(13)19-20/h1-4,6,8-9H,5,7,17H2,(H,21,22,23). The summed E-state index contributed by atoms with van der Waals surface area (Å²) in [5.41, 5.74) is 9.74. The number of anilines is 1. The van der Waals surface area contributed by atoms with Gasteiger partial charge in [0.2, 0.25) is 0 Å². The number of nitrogens with zero attached hydrogens (tertiary/aromatic N) is 3. The third-order valence-electron chi connectivity index (χ3n) is 4.06. The van der Waals surface area contributed by atoms with Crippen molar-refractivity contribution in [2.45, 2.75) is 17.7 Å². The van der Waals surface area contributed by atoms with Gasteiger partial charge in [-0.05, 0) is 36.6 Å². The van der Waals surface area contributed by atoms with Crippen LogP contribution in [0.25, 0.3) is 16.9 Å². The molecule has 1 heterocycles. The van der Waals surface area contributed by atoms with Crippen LogP contribution in [0.3, 0.4) is 0 Å². The molecule has 0 aliphatic heterocycles. The van der Waals surface area contributed by atoms with E-state index in [2.05, 4.69) is 10.2 Å². The Balaban J connectivity index is 1.92. The van der Waals surface area contributed by atoms with Crippen molar-refractivity contribution in [2.75, 3.05) is 5.73 Å². The predicted molar refractivity (Wildman–Crippen MR) is 88.4 cm³/mol. The van der Waals surface area contributed by atoms with Crippen molar-refractivity contribution in [1.29, 1.82) is 0 Å². The normalized spacial score (nSPS) is 13.4. The van der Waals surface area contributed by atoms with E-state index in [1.807, 2.05) is 24.3 Å². The number of nitrogen functional groups attached to an aromatic ring is 1. The quantitative estimate of drug-likeness (QED) is 0.543. The van der Waals surface area contributed by atoms with Gasteiger partial charge in [-0.25, -0.2) is 0 Å². The van der Waals surface area contributed by atoms with Crippen LogP contribution >= 0.6 is 0 Å². The molecule has 0 saturated heterocycles. The maximum absolute atomic E-state index is 11.7. The lowest BCUT2D eigenvalue weighted by atomic mass is 9.93. The molecule has 1 aliphatic carbocycles. The minimum absolute atomic E-state index is 0.165. The highest BCUT2D eigenvalue weighted by atomic mass is 32.2. The highest BCUT2D eigenvalue weighted by Gasteiger charge is 2.24. The number of hydrogen-bond acceptors (Lipinski definition) is 5. The first-order valence-electron chi connectivity index (χ1n) is 7.35. The maximum Gasteiger partial charge on any atom is 0.296 e. The summed E-state index contributed by atoms with van der Waals surface area (Å²) >= 11 is 0. The Morgan fingerprint density at radius 2 is 1.88 bits per heavy atom. The van der Waals surface area contributed by atoms with Gasteiger partial charge < -0.3 is 5.73 Å². The summed E-state index contributed by atoms with van der Waals surface area (Å²) in [4.78, 5) is 0.929. The lowest BCUT2D eigenvalue weighted by Crippen LogP contribution is -2.09. The van der Waals surface area contributed by atoms with E-state index < -0.39 is 10.1 Å². The molecule has 1 aromatic heterocycles. The van der Waals surface area contributed by atoms with Gasteiger partial charge in [0.05, 0.1) is 5.69 Å². The fourth-order valence-corrected chi connectivity index (χ4v) is 3.65. The molecule has 0 radical (unpaired) electrons. The van der Waals surface area contributed by atoms with E-state index in [-0.39, 0.29) is 16.3 Å². The highest BCUT2D eigenvalue weighted by Crippen LogP contribution is 2.32. The molecule has 122 valence electrons. The molecular formula is C16H14N4O3S. The Bertz CT molecular complexity index is 1060. The van der Waals surface area contributed by atoms with Crippen molar-refractivity contribution in [3.8, 4) is 16.9 Å². The lowest BCUT2D eigenvalue weighted by Gasteiger charge is -2.12. The van der Waals surface area contributed by atoms with E-state index in [1.165, 1.54) is 22.5 Å². The number of aryl methyl sites for hydroxylation is 2. The number of rotatable bonds is 2. The van der Waals surface area contributed by atoms with Crippen molar-refractivity contribution in [3.63, 3.8) is 0 Å². The lowest BCUT2D eigenvalue weighted by molar-refractivity contribution is 0.482. The molecule has 8 heteroatoms. The molecule has 0 bridgehead atoms. The molecule has 1 aliphatic rings. The SMILES string of the molecule is Nc1ccc(-n2nc3c(n2)-c2ccccc2CC3)c(S(=O)(=O)O)c1. The van der Waals surface area contributed by atoms with Gasteiger partial charge in [-0.3, -0.25) is 4.55 Å². The van der Waals surface area contributed by atoms with Crippen LogP contribution in [-0.2, 0) is 23.0 Å². The third kappa shape index (κ3) is 2.36. The molecule has 4 rings (SSSR count). The predicted octanol–water partition coefficient (Wildman–Crippen LogP) is 1.86. The zero-order valence-corrected chi connectivity index (χ0v) is 13.4. The monoisotopic (exact) mass is 342 g/mol. The molecule has 0 saturated carbocycles. The first-order chi connectivity index (χ1) is 11.4. The van der Waals surface area contributed by atoms with Crippen LogP contribution < -0.4 is 5.73 Å². The summed E-state index contributed by atoms with van der Waals surface area (Å²) in [6, 6.07) is 12.1.